The van der Waals surface area contributed by atoms with E-state index in [0.717, 1.165) is 33.6 Å². The van der Waals surface area contributed by atoms with Crippen LogP contribution in [0.1, 0.15) is 44.5 Å². The standard InChI is InChI=1S/C62H39N.C56H35N/c1-2-14-40(15-3-1)41-28-32-44(33-29-41)60-51-19-4-6-21-53(51)61(54-22-7-5-20-52(54)60)46-35-37-59(63-39-46)43-30-26-42(27-31-43)45-34-36-50-49-18-10-13-25-57(49)62(58(50)38-45)55-23-11-8-16-47(55)48-17-9-12-24-56(48)62;1-2-15-36(16-3-1)37-29-31-38(32-30-37)53-42-19-4-6-21-44(42)54(45-22-7-5-20-43(45)53)39-33-34-52(57-35-39)47-24-14-28-51-55(47)46-23-10-13-27-50(46)56(51)48-25-11-8-17-40(48)41-18-9-12-26-49(41)56/h1-39H;1-35H. The van der Waals surface area contributed by atoms with E-state index in [1.165, 1.54) is 199 Å². The van der Waals surface area contributed by atoms with Crippen LogP contribution in [0, 0.1) is 0 Å². The Morgan fingerprint density at radius 1 is 0.133 bits per heavy atom. The van der Waals surface area contributed by atoms with E-state index in [4.69, 9.17) is 9.97 Å². The molecule has 25 rings (SSSR count). The smallest absolute Gasteiger partial charge is 0.0725 e. The van der Waals surface area contributed by atoms with Gasteiger partial charge in [-0.15, -0.1) is 0 Å². The van der Waals surface area contributed by atoms with Crippen LogP contribution in [-0.2, 0) is 10.8 Å². The molecule has 0 bridgehead atoms. The largest absolute Gasteiger partial charge is 0.256 e. The SMILES string of the molecule is c1ccc(-c2ccc(-c3c4ccccc4c(-c4ccc(-c5ccc(-c6ccc7c(c6)C6(c8ccccc8-c8ccccc86)c6ccccc6-7)cc5)nc4)c4ccccc34)cc2)cc1.c1ccc(-c2ccc(-c3c4ccccc4c(-c4ccc(-c5cccc6c5-c5ccccc5C65c6ccccc6-c6ccccc65)nc4)c4ccccc34)cc2)cc1. The zero-order valence-corrected chi connectivity index (χ0v) is 65.6. The Morgan fingerprint density at radius 3 is 0.758 bits per heavy atom. The van der Waals surface area contributed by atoms with E-state index in [2.05, 4.69) is 449 Å². The maximum atomic E-state index is 5.31. The molecule has 2 heterocycles. The topological polar surface area (TPSA) is 25.8 Å². The lowest BCUT2D eigenvalue weighted by molar-refractivity contribution is 0.794. The first-order chi connectivity index (χ1) is 59.6. The van der Waals surface area contributed by atoms with Gasteiger partial charge in [-0.05, 0) is 217 Å². The Balaban J connectivity index is 0.000000137. The highest BCUT2D eigenvalue weighted by Crippen LogP contribution is 2.66. The summed E-state index contributed by atoms with van der Waals surface area (Å²) in [5.41, 5.74) is 41.7. The number of benzene rings is 19. The van der Waals surface area contributed by atoms with Crippen LogP contribution >= 0.6 is 0 Å². The quantitative estimate of drug-likeness (QED) is 0.135. The molecule has 556 valence electrons. The van der Waals surface area contributed by atoms with Crippen molar-refractivity contribution < 1.29 is 0 Å². The number of hydrogen-bond acceptors (Lipinski definition) is 2. The van der Waals surface area contributed by atoms with Gasteiger partial charge in [-0.2, -0.15) is 0 Å². The van der Waals surface area contributed by atoms with Crippen LogP contribution in [0.25, 0.3) is 188 Å². The summed E-state index contributed by atoms with van der Waals surface area (Å²) in [4.78, 5) is 10.4. The fourth-order valence-corrected chi connectivity index (χ4v) is 21.3. The van der Waals surface area contributed by atoms with Gasteiger partial charge in [0.05, 0.1) is 22.2 Å². The normalized spacial score (nSPS) is 13.0. The summed E-state index contributed by atoms with van der Waals surface area (Å²) in [6, 6.07) is 160. The molecule has 2 aromatic heterocycles. The van der Waals surface area contributed by atoms with E-state index in [9.17, 15) is 0 Å². The minimum Gasteiger partial charge on any atom is -0.256 e. The van der Waals surface area contributed by atoms with E-state index in [1.54, 1.807) is 0 Å². The van der Waals surface area contributed by atoms with Gasteiger partial charge in [0.2, 0.25) is 0 Å². The van der Waals surface area contributed by atoms with Gasteiger partial charge in [0.25, 0.3) is 0 Å². The summed E-state index contributed by atoms with van der Waals surface area (Å²) in [5.74, 6) is 0. The number of nitrogens with zero attached hydrogens (tertiary/aromatic N) is 2. The third kappa shape index (κ3) is 10.3. The molecule has 0 saturated carbocycles. The van der Waals surface area contributed by atoms with Crippen LogP contribution < -0.4 is 0 Å². The fraction of sp³-hybridized carbons (Fsp3) is 0.0169. The van der Waals surface area contributed by atoms with Crippen molar-refractivity contribution in [3.05, 3.63) is 494 Å². The lowest BCUT2D eigenvalue weighted by Gasteiger charge is -2.30. The number of aromatic nitrogens is 2. The molecular formula is C118H74N2. The Hall–Kier alpha value is -15.5. The van der Waals surface area contributed by atoms with E-state index >= 15 is 0 Å². The van der Waals surface area contributed by atoms with Crippen molar-refractivity contribution in [1.82, 2.24) is 9.97 Å². The minimum absolute atomic E-state index is 0.355. The lowest BCUT2D eigenvalue weighted by Crippen LogP contribution is -2.25. The second-order valence-electron chi connectivity index (χ2n) is 32.3. The van der Waals surface area contributed by atoms with Gasteiger partial charge < -0.3 is 0 Å². The van der Waals surface area contributed by atoms with Crippen molar-refractivity contribution in [1.29, 1.82) is 0 Å². The molecule has 19 aromatic carbocycles. The predicted octanol–water partition coefficient (Wildman–Crippen LogP) is 30.5. The van der Waals surface area contributed by atoms with Crippen molar-refractivity contribution in [2.45, 2.75) is 10.8 Å². The minimum atomic E-state index is -0.378. The highest BCUT2D eigenvalue weighted by molar-refractivity contribution is 6.23. The third-order valence-corrected chi connectivity index (χ3v) is 26.3. The van der Waals surface area contributed by atoms with Crippen molar-refractivity contribution in [2.75, 3.05) is 0 Å². The summed E-state index contributed by atoms with van der Waals surface area (Å²) in [6.07, 6.45) is 4.15. The molecule has 2 heteroatoms. The van der Waals surface area contributed by atoms with E-state index in [1.807, 2.05) is 0 Å². The molecule has 0 atom stereocenters. The van der Waals surface area contributed by atoms with Crippen molar-refractivity contribution in [3.8, 4) is 145 Å². The molecule has 0 amide bonds. The summed E-state index contributed by atoms with van der Waals surface area (Å²) in [5, 5.41) is 9.85. The first kappa shape index (κ1) is 68.9. The molecular weight excluding hydrogens is 1450 g/mol. The monoisotopic (exact) mass is 1520 g/mol. The van der Waals surface area contributed by atoms with E-state index < -0.39 is 0 Å². The fourth-order valence-electron chi connectivity index (χ4n) is 21.3. The first-order valence-corrected chi connectivity index (χ1v) is 41.7. The van der Waals surface area contributed by atoms with Crippen LogP contribution in [0.2, 0.25) is 0 Å². The first-order valence-electron chi connectivity index (χ1n) is 41.7. The molecule has 0 unspecified atom stereocenters. The molecule has 2 nitrogen and oxygen atoms in total. The number of rotatable bonds is 9. The highest BCUT2D eigenvalue weighted by atomic mass is 14.7. The predicted molar refractivity (Wildman–Crippen MR) is 500 cm³/mol. The van der Waals surface area contributed by atoms with Crippen LogP contribution in [0.4, 0.5) is 0 Å². The molecule has 0 aliphatic heterocycles. The number of pyridine rings is 2. The Bertz CT molecular complexity index is 7490. The Labute approximate surface area is 697 Å². The second kappa shape index (κ2) is 27.6. The molecule has 0 saturated heterocycles. The molecule has 0 N–H and O–H groups in total. The van der Waals surface area contributed by atoms with Gasteiger partial charge >= 0.3 is 0 Å². The van der Waals surface area contributed by atoms with Gasteiger partial charge in [0.1, 0.15) is 0 Å². The lowest BCUT2D eigenvalue weighted by atomic mass is 9.70. The van der Waals surface area contributed by atoms with E-state index in [-0.39, 0.29) is 10.8 Å². The zero-order chi connectivity index (χ0) is 79.0. The molecule has 120 heavy (non-hydrogen) atoms. The Morgan fingerprint density at radius 2 is 0.383 bits per heavy atom. The third-order valence-electron chi connectivity index (χ3n) is 26.3. The van der Waals surface area contributed by atoms with Crippen LogP contribution in [0.3, 0.4) is 0 Å². The molecule has 2 spiro atoms. The van der Waals surface area contributed by atoms with Gasteiger partial charge in [0.15, 0.2) is 0 Å². The van der Waals surface area contributed by atoms with Gasteiger partial charge in [-0.1, -0.05) is 419 Å². The van der Waals surface area contributed by atoms with Gasteiger partial charge in [-0.25, -0.2) is 0 Å². The number of fused-ring (bicyclic) bond motifs is 24. The summed E-state index contributed by atoms with van der Waals surface area (Å²) in [6.45, 7) is 0. The Kier molecular flexibility index (Phi) is 15.8. The van der Waals surface area contributed by atoms with E-state index in [0.29, 0.717) is 0 Å². The van der Waals surface area contributed by atoms with Crippen molar-refractivity contribution in [2.24, 2.45) is 0 Å². The number of hydrogen-bond donors (Lipinski definition) is 0. The van der Waals surface area contributed by atoms with Crippen molar-refractivity contribution >= 4 is 43.1 Å². The average Bonchev–Trinajstić information content (AvgIpc) is 1.51. The molecule has 4 aliphatic carbocycles. The van der Waals surface area contributed by atoms with Crippen LogP contribution in [0.15, 0.2) is 449 Å². The maximum absolute atomic E-state index is 5.31. The summed E-state index contributed by atoms with van der Waals surface area (Å²) in [7, 11) is 0. The zero-order valence-electron chi connectivity index (χ0n) is 65.6. The van der Waals surface area contributed by atoms with Gasteiger partial charge in [-0.3, -0.25) is 9.97 Å². The van der Waals surface area contributed by atoms with Crippen LogP contribution in [0.5, 0.6) is 0 Å². The highest BCUT2D eigenvalue weighted by Gasteiger charge is 2.53. The molecule has 0 fully saturated rings. The van der Waals surface area contributed by atoms with Crippen LogP contribution in [-0.4, -0.2) is 9.97 Å². The van der Waals surface area contributed by atoms with Crippen molar-refractivity contribution in [3.63, 3.8) is 0 Å². The molecule has 4 aliphatic rings. The molecule has 21 aromatic rings. The summed E-state index contributed by atoms with van der Waals surface area (Å²) < 4.78 is 0. The van der Waals surface area contributed by atoms with Gasteiger partial charge in [0, 0.05) is 34.6 Å². The molecule has 0 radical (unpaired) electrons. The average molecular weight is 1520 g/mol. The second-order valence-corrected chi connectivity index (χ2v) is 32.3. The maximum Gasteiger partial charge on any atom is 0.0725 e. The summed E-state index contributed by atoms with van der Waals surface area (Å²) >= 11 is 0.